The van der Waals surface area contributed by atoms with Gasteiger partial charge in [-0.1, -0.05) is 41.1 Å². The molecule has 0 amide bonds. The zero-order valence-corrected chi connectivity index (χ0v) is 11.7. The summed E-state index contributed by atoms with van der Waals surface area (Å²) in [7, 11) is 0. The molecule has 0 aliphatic heterocycles. The number of thiazole rings is 1. The lowest BCUT2D eigenvalue weighted by molar-refractivity contribution is 0.285. The number of aliphatic hydroxyl groups excluding tert-OH is 1. The average Bonchev–Trinajstić information content (AvgIpc) is 2.81. The second-order valence-electron chi connectivity index (χ2n) is 3.76. The van der Waals surface area contributed by atoms with E-state index in [0.717, 1.165) is 5.69 Å². The van der Waals surface area contributed by atoms with E-state index >= 15 is 0 Å². The molecular formula is C13H12ClN3OS. The van der Waals surface area contributed by atoms with Crippen molar-refractivity contribution in [1.29, 1.82) is 5.26 Å². The topological polar surface area (TPSA) is 60.2 Å². The molecular weight excluding hydrogens is 282 g/mol. The number of hydrogen-bond acceptors (Lipinski definition) is 5. The molecule has 0 radical (unpaired) electrons. The zero-order chi connectivity index (χ0) is 13.7. The predicted molar refractivity (Wildman–Crippen MR) is 76.7 cm³/mol. The predicted octanol–water partition coefficient (Wildman–Crippen LogP) is 3.34. The van der Waals surface area contributed by atoms with Gasteiger partial charge in [-0.05, 0) is 12.1 Å². The molecule has 2 rings (SSSR count). The molecule has 0 aliphatic rings. The van der Waals surface area contributed by atoms with Gasteiger partial charge in [0.15, 0.2) is 5.13 Å². The minimum atomic E-state index is -0.128. The van der Waals surface area contributed by atoms with E-state index in [4.69, 9.17) is 16.9 Å². The summed E-state index contributed by atoms with van der Waals surface area (Å²) in [6.07, 6.45) is 0.389. The summed E-state index contributed by atoms with van der Waals surface area (Å²) in [5, 5.41) is 18.9. The summed E-state index contributed by atoms with van der Waals surface area (Å²) in [4.78, 5) is 6.81. The number of halogens is 1. The van der Waals surface area contributed by atoms with Crippen LogP contribution in [0, 0.1) is 11.3 Å². The van der Waals surface area contributed by atoms with Crippen LogP contribution in [0.5, 0.6) is 0 Å². The molecule has 0 atom stereocenters. The number of rotatable bonds is 5. The zero-order valence-electron chi connectivity index (χ0n) is 10.1. The first kappa shape index (κ1) is 13.8. The van der Waals surface area contributed by atoms with Gasteiger partial charge in [0.05, 0.1) is 24.0 Å². The van der Waals surface area contributed by atoms with E-state index in [1.807, 2.05) is 35.2 Å². The highest BCUT2D eigenvalue weighted by Gasteiger charge is 2.16. The lowest BCUT2D eigenvalue weighted by atomic mass is 10.3. The van der Waals surface area contributed by atoms with Crippen molar-refractivity contribution in [2.24, 2.45) is 0 Å². The van der Waals surface area contributed by atoms with Crippen molar-refractivity contribution in [3.8, 4) is 6.07 Å². The molecule has 0 saturated heterocycles. The molecule has 1 aromatic heterocycles. The van der Waals surface area contributed by atoms with Crippen molar-refractivity contribution in [1.82, 2.24) is 4.98 Å². The first-order valence-corrected chi connectivity index (χ1v) is 6.91. The van der Waals surface area contributed by atoms with Crippen molar-refractivity contribution in [3.63, 3.8) is 0 Å². The number of aliphatic hydroxyl groups is 1. The van der Waals surface area contributed by atoms with Crippen LogP contribution in [-0.4, -0.2) is 16.6 Å². The molecule has 1 heterocycles. The van der Waals surface area contributed by atoms with Crippen LogP contribution in [0.4, 0.5) is 10.8 Å². The Bertz CT molecular complexity index is 579. The van der Waals surface area contributed by atoms with Crippen LogP contribution in [0.15, 0.2) is 30.3 Å². The molecule has 98 valence electrons. The Kier molecular flexibility index (Phi) is 4.74. The number of nitrogens with zero attached hydrogens (tertiary/aromatic N) is 3. The van der Waals surface area contributed by atoms with E-state index in [-0.39, 0.29) is 6.61 Å². The van der Waals surface area contributed by atoms with Crippen LogP contribution in [0.25, 0.3) is 0 Å². The summed E-state index contributed by atoms with van der Waals surface area (Å²) in [5.41, 5.74) is 0.952. The monoisotopic (exact) mass is 293 g/mol. The van der Waals surface area contributed by atoms with Crippen molar-refractivity contribution in [3.05, 3.63) is 40.4 Å². The van der Waals surface area contributed by atoms with Crippen molar-refractivity contribution in [2.75, 3.05) is 11.4 Å². The maximum Gasteiger partial charge on any atom is 0.191 e. The summed E-state index contributed by atoms with van der Waals surface area (Å²) in [6, 6.07) is 11.8. The normalized spacial score (nSPS) is 10.2. The smallest absolute Gasteiger partial charge is 0.191 e. The van der Waals surface area contributed by atoms with Gasteiger partial charge in [0.25, 0.3) is 0 Å². The highest BCUT2D eigenvalue weighted by atomic mass is 35.5. The van der Waals surface area contributed by atoms with E-state index in [0.29, 0.717) is 28.1 Å². The third kappa shape index (κ3) is 3.24. The van der Waals surface area contributed by atoms with Gasteiger partial charge >= 0.3 is 0 Å². The maximum atomic E-state index is 9.18. The molecule has 1 N–H and O–H groups in total. The number of hydrogen-bond donors (Lipinski definition) is 1. The van der Waals surface area contributed by atoms with Crippen LogP contribution in [0.2, 0.25) is 5.15 Å². The van der Waals surface area contributed by atoms with Gasteiger partial charge in [-0.3, -0.25) is 0 Å². The molecule has 19 heavy (non-hydrogen) atoms. The van der Waals surface area contributed by atoms with Gasteiger partial charge in [-0.25, -0.2) is 4.98 Å². The van der Waals surface area contributed by atoms with Gasteiger partial charge in [-0.15, -0.1) is 0 Å². The molecule has 0 fully saturated rings. The summed E-state index contributed by atoms with van der Waals surface area (Å²) >= 11 is 7.29. The number of para-hydroxylation sites is 1. The maximum absolute atomic E-state index is 9.18. The lowest BCUT2D eigenvalue weighted by Gasteiger charge is -2.20. The number of anilines is 2. The van der Waals surface area contributed by atoms with Gasteiger partial charge in [0.2, 0.25) is 0 Å². The lowest BCUT2D eigenvalue weighted by Crippen LogP contribution is -2.17. The average molecular weight is 294 g/mol. The second kappa shape index (κ2) is 6.53. The number of aromatic nitrogens is 1. The fourth-order valence-electron chi connectivity index (χ4n) is 1.64. The SMILES string of the molecule is N#CCCN(c1ccccc1)c1nc(Cl)c(CO)s1. The van der Waals surface area contributed by atoms with Crippen molar-refractivity contribution in [2.45, 2.75) is 13.0 Å². The number of benzene rings is 1. The third-order valence-electron chi connectivity index (χ3n) is 2.53. The molecule has 6 heteroatoms. The third-order valence-corrected chi connectivity index (χ3v) is 4.02. The van der Waals surface area contributed by atoms with E-state index in [1.54, 1.807) is 0 Å². The van der Waals surface area contributed by atoms with Crippen molar-refractivity contribution >= 4 is 33.8 Å². The van der Waals surface area contributed by atoms with Gasteiger partial charge < -0.3 is 10.0 Å². The fraction of sp³-hybridized carbons (Fsp3) is 0.231. The van der Waals surface area contributed by atoms with Crippen LogP contribution >= 0.6 is 22.9 Å². The molecule has 1 aromatic carbocycles. The Labute approximate surface area is 120 Å². The minimum Gasteiger partial charge on any atom is -0.391 e. The molecule has 0 unspecified atom stereocenters. The summed E-state index contributed by atoms with van der Waals surface area (Å²) in [5.74, 6) is 0. The van der Waals surface area contributed by atoms with E-state index in [1.165, 1.54) is 11.3 Å². The quantitative estimate of drug-likeness (QED) is 0.918. The van der Waals surface area contributed by atoms with Crippen LogP contribution in [0.1, 0.15) is 11.3 Å². The molecule has 0 spiro atoms. The minimum absolute atomic E-state index is 0.128. The Hall–Kier alpha value is -1.61. The van der Waals surface area contributed by atoms with Crippen LogP contribution in [-0.2, 0) is 6.61 Å². The second-order valence-corrected chi connectivity index (χ2v) is 5.18. The van der Waals surface area contributed by atoms with Gasteiger partial charge in [0.1, 0.15) is 5.15 Å². The van der Waals surface area contributed by atoms with E-state index < -0.39 is 0 Å². The molecule has 4 nitrogen and oxygen atoms in total. The van der Waals surface area contributed by atoms with Gasteiger partial charge in [0, 0.05) is 12.2 Å². The summed E-state index contributed by atoms with van der Waals surface area (Å²) in [6.45, 7) is 0.409. The largest absolute Gasteiger partial charge is 0.391 e. The first-order valence-electron chi connectivity index (χ1n) is 5.72. The fourth-order valence-corrected chi connectivity index (χ4v) is 2.80. The molecule has 2 aromatic rings. The highest BCUT2D eigenvalue weighted by Crippen LogP contribution is 2.33. The number of nitriles is 1. The van der Waals surface area contributed by atoms with E-state index in [9.17, 15) is 5.11 Å². The molecule has 0 aliphatic carbocycles. The van der Waals surface area contributed by atoms with E-state index in [2.05, 4.69) is 11.1 Å². The Morgan fingerprint density at radius 3 is 2.68 bits per heavy atom. The van der Waals surface area contributed by atoms with Crippen molar-refractivity contribution < 1.29 is 5.11 Å². The Morgan fingerprint density at radius 1 is 1.37 bits per heavy atom. The Morgan fingerprint density at radius 2 is 2.11 bits per heavy atom. The Balaban J connectivity index is 2.34. The molecule has 0 bridgehead atoms. The standard InChI is InChI=1S/C13H12ClN3OS/c14-12-11(9-18)19-13(16-12)17(8-4-7-15)10-5-2-1-3-6-10/h1-3,5-6,18H,4,8-9H2. The first-order chi connectivity index (χ1) is 9.26. The van der Waals surface area contributed by atoms with Crippen LogP contribution in [0.3, 0.4) is 0 Å². The summed E-state index contributed by atoms with van der Waals surface area (Å²) < 4.78 is 0. The highest BCUT2D eigenvalue weighted by molar-refractivity contribution is 7.16. The molecule has 0 saturated carbocycles. The van der Waals surface area contributed by atoms with Crippen LogP contribution < -0.4 is 4.90 Å². The van der Waals surface area contributed by atoms with Gasteiger partial charge in [-0.2, -0.15) is 5.26 Å².